The molecule has 33 heavy (non-hydrogen) atoms. The van der Waals surface area contributed by atoms with Gasteiger partial charge in [0.1, 0.15) is 18.2 Å². The molecular formula is C28H31FN2O2. The van der Waals surface area contributed by atoms with Gasteiger partial charge in [0.2, 0.25) is 5.91 Å². The first kappa shape index (κ1) is 22.8. The number of hydrogen-bond donors (Lipinski definition) is 1. The van der Waals surface area contributed by atoms with Crippen LogP contribution in [0, 0.1) is 11.7 Å². The molecule has 0 saturated carbocycles. The lowest BCUT2D eigenvalue weighted by molar-refractivity contribution is -0.134. The van der Waals surface area contributed by atoms with Crippen LogP contribution in [0.4, 0.5) is 10.1 Å². The van der Waals surface area contributed by atoms with E-state index in [9.17, 15) is 9.18 Å². The van der Waals surface area contributed by atoms with Gasteiger partial charge in [0, 0.05) is 24.3 Å². The molecule has 0 unspecified atom stereocenters. The van der Waals surface area contributed by atoms with Gasteiger partial charge in [-0.05, 0) is 41.7 Å². The first-order chi connectivity index (χ1) is 16.0. The molecule has 0 spiro atoms. The molecule has 172 valence electrons. The third kappa shape index (κ3) is 5.72. The van der Waals surface area contributed by atoms with Gasteiger partial charge in [0.25, 0.3) is 0 Å². The molecule has 3 aromatic carbocycles. The first-order valence-electron chi connectivity index (χ1n) is 11.6. The topological polar surface area (TPSA) is 41.6 Å². The zero-order valence-electron chi connectivity index (χ0n) is 19.3. The number of halogens is 1. The maximum atomic E-state index is 14.3. The van der Waals surface area contributed by atoms with Crippen LogP contribution < -0.4 is 10.1 Å². The summed E-state index contributed by atoms with van der Waals surface area (Å²) >= 11 is 0. The Hall–Kier alpha value is -3.34. The molecule has 1 atom stereocenters. The molecule has 1 heterocycles. The number of nitrogens with one attached hydrogen (secondary N) is 1. The standard InChI is InChI=1S/C28H31FN2O2/c1-20(2)15-24-19-33-27-14-8-5-10-22(27)17-30-26-13-7-4-11-23(26)18-31(24)28(32)16-21-9-3-6-12-25(21)29/h3-14,20,24,30H,15-19H2,1-2H3/t24-/m0/s1. The second-order valence-corrected chi connectivity index (χ2v) is 9.00. The van der Waals surface area contributed by atoms with E-state index in [0.29, 0.717) is 31.2 Å². The normalized spacial score (nSPS) is 16.1. The van der Waals surface area contributed by atoms with Crippen LogP contribution in [0.15, 0.2) is 72.8 Å². The number of amides is 1. The van der Waals surface area contributed by atoms with Gasteiger partial charge in [-0.2, -0.15) is 0 Å². The van der Waals surface area contributed by atoms with Crippen molar-refractivity contribution >= 4 is 11.6 Å². The number of carbonyl (C=O) groups excluding carboxylic acids is 1. The van der Waals surface area contributed by atoms with Crippen molar-refractivity contribution < 1.29 is 13.9 Å². The third-order valence-electron chi connectivity index (χ3n) is 6.04. The first-order valence-corrected chi connectivity index (χ1v) is 11.6. The summed E-state index contributed by atoms with van der Waals surface area (Å²) in [4.78, 5) is 15.5. The number of para-hydroxylation sites is 2. The van der Waals surface area contributed by atoms with Crippen molar-refractivity contribution in [3.8, 4) is 5.75 Å². The van der Waals surface area contributed by atoms with Gasteiger partial charge >= 0.3 is 0 Å². The number of fused-ring (bicyclic) bond motifs is 2. The van der Waals surface area contributed by atoms with E-state index in [0.717, 1.165) is 29.0 Å². The van der Waals surface area contributed by atoms with Gasteiger partial charge in [0.15, 0.2) is 0 Å². The Bertz CT molecular complexity index is 1100. The van der Waals surface area contributed by atoms with Crippen molar-refractivity contribution in [1.29, 1.82) is 0 Å². The Balaban J connectivity index is 1.72. The summed E-state index contributed by atoms with van der Waals surface area (Å²) in [6, 6.07) is 22.4. The summed E-state index contributed by atoms with van der Waals surface area (Å²) in [6.07, 6.45) is 0.814. The fourth-order valence-electron chi connectivity index (χ4n) is 4.34. The van der Waals surface area contributed by atoms with Crippen molar-refractivity contribution in [2.45, 2.75) is 45.8 Å². The highest BCUT2D eigenvalue weighted by molar-refractivity contribution is 5.79. The number of carbonyl (C=O) groups is 1. The molecule has 1 aliphatic heterocycles. The Labute approximate surface area is 195 Å². The SMILES string of the molecule is CC(C)C[C@H]1COc2ccccc2CNc2ccccc2CN1C(=O)Cc1ccccc1F. The van der Waals surface area contributed by atoms with Crippen LogP contribution in [-0.4, -0.2) is 23.5 Å². The third-order valence-corrected chi connectivity index (χ3v) is 6.04. The fourth-order valence-corrected chi connectivity index (χ4v) is 4.34. The number of hydrogen-bond acceptors (Lipinski definition) is 3. The lowest BCUT2D eigenvalue weighted by Gasteiger charge is -2.33. The van der Waals surface area contributed by atoms with E-state index in [2.05, 4.69) is 25.2 Å². The molecule has 1 N–H and O–H groups in total. The smallest absolute Gasteiger partial charge is 0.227 e. The summed E-state index contributed by atoms with van der Waals surface area (Å²) < 4.78 is 20.6. The lowest BCUT2D eigenvalue weighted by atomic mass is 10.0. The second-order valence-electron chi connectivity index (χ2n) is 9.00. The average molecular weight is 447 g/mol. The summed E-state index contributed by atoms with van der Waals surface area (Å²) in [6.45, 7) is 5.75. The highest BCUT2D eigenvalue weighted by atomic mass is 19.1. The van der Waals surface area contributed by atoms with Crippen LogP contribution in [0.2, 0.25) is 0 Å². The van der Waals surface area contributed by atoms with Crippen LogP contribution in [-0.2, 0) is 24.3 Å². The summed E-state index contributed by atoms with van der Waals surface area (Å²) in [5, 5.41) is 3.51. The zero-order valence-corrected chi connectivity index (χ0v) is 19.3. The van der Waals surface area contributed by atoms with Gasteiger partial charge in [-0.25, -0.2) is 4.39 Å². The van der Waals surface area contributed by atoms with Gasteiger partial charge in [-0.15, -0.1) is 0 Å². The summed E-state index contributed by atoms with van der Waals surface area (Å²) in [7, 11) is 0. The van der Waals surface area contributed by atoms with E-state index < -0.39 is 0 Å². The van der Waals surface area contributed by atoms with Crippen LogP contribution in [0.3, 0.4) is 0 Å². The molecule has 5 heteroatoms. The molecule has 4 nitrogen and oxygen atoms in total. The predicted octanol–water partition coefficient (Wildman–Crippen LogP) is 5.82. The number of ether oxygens (including phenoxy) is 1. The van der Waals surface area contributed by atoms with E-state index in [1.54, 1.807) is 18.2 Å². The van der Waals surface area contributed by atoms with E-state index in [-0.39, 0.29) is 24.2 Å². The van der Waals surface area contributed by atoms with E-state index in [4.69, 9.17) is 4.74 Å². The molecular weight excluding hydrogens is 415 g/mol. The van der Waals surface area contributed by atoms with Gasteiger partial charge < -0.3 is 15.0 Å². The van der Waals surface area contributed by atoms with Crippen LogP contribution >= 0.6 is 0 Å². The predicted molar refractivity (Wildman–Crippen MR) is 130 cm³/mol. The Morgan fingerprint density at radius 1 is 1.03 bits per heavy atom. The maximum absolute atomic E-state index is 14.3. The van der Waals surface area contributed by atoms with Crippen molar-refractivity contribution in [2.24, 2.45) is 5.92 Å². The minimum atomic E-state index is -0.351. The van der Waals surface area contributed by atoms with Crippen LogP contribution in [0.25, 0.3) is 0 Å². The molecule has 1 aliphatic rings. The molecule has 0 fully saturated rings. The summed E-state index contributed by atoms with van der Waals surface area (Å²) in [5.41, 5.74) is 3.51. The fraction of sp³-hybridized carbons (Fsp3) is 0.321. The second kappa shape index (κ2) is 10.5. The van der Waals surface area contributed by atoms with E-state index in [1.165, 1.54) is 6.07 Å². The monoisotopic (exact) mass is 446 g/mol. The van der Waals surface area contributed by atoms with Gasteiger partial charge in [0.05, 0.1) is 12.5 Å². The van der Waals surface area contributed by atoms with Crippen LogP contribution in [0.1, 0.15) is 37.0 Å². The summed E-state index contributed by atoms with van der Waals surface area (Å²) in [5.74, 6) is 0.740. The van der Waals surface area contributed by atoms with Crippen molar-refractivity contribution in [3.63, 3.8) is 0 Å². The molecule has 1 amide bonds. The Morgan fingerprint density at radius 2 is 1.73 bits per heavy atom. The lowest BCUT2D eigenvalue weighted by Crippen LogP contribution is -2.44. The largest absolute Gasteiger partial charge is 0.491 e. The Morgan fingerprint density at radius 3 is 2.52 bits per heavy atom. The van der Waals surface area contributed by atoms with Crippen molar-refractivity contribution in [3.05, 3.63) is 95.3 Å². The molecule has 0 aromatic heterocycles. The zero-order chi connectivity index (χ0) is 23.2. The van der Waals surface area contributed by atoms with E-state index in [1.807, 2.05) is 47.4 Å². The number of anilines is 1. The molecule has 4 rings (SSSR count). The minimum absolute atomic E-state index is 0.0213. The minimum Gasteiger partial charge on any atom is -0.491 e. The number of nitrogens with zero attached hydrogens (tertiary/aromatic N) is 1. The Kier molecular flexibility index (Phi) is 7.28. The molecule has 3 aromatic rings. The molecule has 0 bridgehead atoms. The van der Waals surface area contributed by atoms with Crippen LogP contribution in [0.5, 0.6) is 5.75 Å². The highest BCUT2D eigenvalue weighted by Crippen LogP contribution is 2.27. The van der Waals surface area contributed by atoms with Gasteiger partial charge in [-0.1, -0.05) is 68.4 Å². The quantitative estimate of drug-likeness (QED) is 0.549. The van der Waals surface area contributed by atoms with Crippen molar-refractivity contribution in [1.82, 2.24) is 4.90 Å². The van der Waals surface area contributed by atoms with Crippen molar-refractivity contribution in [2.75, 3.05) is 11.9 Å². The molecule has 0 aliphatic carbocycles. The average Bonchev–Trinajstić information content (AvgIpc) is 2.83. The highest BCUT2D eigenvalue weighted by Gasteiger charge is 2.27. The molecule has 0 saturated heterocycles. The molecule has 0 radical (unpaired) electrons. The number of benzene rings is 3. The van der Waals surface area contributed by atoms with E-state index >= 15 is 0 Å². The van der Waals surface area contributed by atoms with Gasteiger partial charge in [-0.3, -0.25) is 4.79 Å². The maximum Gasteiger partial charge on any atom is 0.227 e. The number of rotatable bonds is 4.